The van der Waals surface area contributed by atoms with Crippen LogP contribution in [0.15, 0.2) is 18.2 Å². The number of carbonyl (C=O) groups is 3. The molecule has 6 nitrogen and oxygen atoms in total. The van der Waals surface area contributed by atoms with Gasteiger partial charge < -0.3 is 15.7 Å². The second-order valence-corrected chi connectivity index (χ2v) is 5.67. The van der Waals surface area contributed by atoms with Crippen molar-refractivity contribution >= 4 is 23.5 Å². The summed E-state index contributed by atoms with van der Waals surface area (Å²) in [7, 11) is 0. The zero-order valence-electron chi connectivity index (χ0n) is 12.7. The van der Waals surface area contributed by atoms with Gasteiger partial charge in [-0.1, -0.05) is 0 Å². The van der Waals surface area contributed by atoms with E-state index in [-0.39, 0.29) is 24.1 Å². The fraction of sp³-hybridized carbons (Fsp3) is 0.400. The van der Waals surface area contributed by atoms with Gasteiger partial charge >= 0.3 is 12.1 Å². The summed E-state index contributed by atoms with van der Waals surface area (Å²) in [5, 5.41) is 13.7. The molecule has 0 atom stereocenters. The molecule has 130 valence electrons. The van der Waals surface area contributed by atoms with Crippen LogP contribution >= 0.6 is 0 Å². The van der Waals surface area contributed by atoms with Crippen LogP contribution in [0.2, 0.25) is 0 Å². The molecular formula is C15H15F3N2O4. The lowest BCUT2D eigenvalue weighted by molar-refractivity contribution is -0.148. The average Bonchev–Trinajstić information content (AvgIpc) is 2.40. The van der Waals surface area contributed by atoms with Gasteiger partial charge in [-0.05, 0) is 37.5 Å². The first-order chi connectivity index (χ1) is 11.0. The van der Waals surface area contributed by atoms with Gasteiger partial charge in [-0.3, -0.25) is 9.59 Å². The minimum Gasteiger partial charge on any atom is -0.480 e. The van der Waals surface area contributed by atoms with E-state index in [0.29, 0.717) is 18.6 Å². The van der Waals surface area contributed by atoms with E-state index in [9.17, 15) is 32.7 Å². The maximum atomic E-state index is 13.0. The first-order valence-electron chi connectivity index (χ1n) is 7.09. The van der Waals surface area contributed by atoms with Crippen LogP contribution in [0.4, 0.5) is 18.9 Å². The summed E-state index contributed by atoms with van der Waals surface area (Å²) >= 11 is 0. The highest BCUT2D eigenvalue weighted by atomic mass is 19.4. The van der Waals surface area contributed by atoms with Crippen molar-refractivity contribution in [2.24, 2.45) is 0 Å². The maximum absolute atomic E-state index is 13.0. The Bertz CT molecular complexity index is 696. The number of aliphatic carboxylic acids is 1. The Morgan fingerprint density at radius 3 is 2.21 bits per heavy atom. The van der Waals surface area contributed by atoms with Gasteiger partial charge in [0.05, 0.1) is 5.56 Å². The highest BCUT2D eigenvalue weighted by molar-refractivity contribution is 6.00. The molecule has 0 aromatic heterocycles. The minimum absolute atomic E-state index is 0.194. The molecule has 1 aliphatic rings. The summed E-state index contributed by atoms with van der Waals surface area (Å²) in [5.74, 6) is -2.76. The lowest BCUT2D eigenvalue weighted by Crippen LogP contribution is -2.59. The zero-order chi connectivity index (χ0) is 18.1. The third-order valence-electron chi connectivity index (χ3n) is 3.81. The average molecular weight is 344 g/mol. The molecule has 2 rings (SSSR count). The quantitative estimate of drug-likeness (QED) is 0.781. The highest BCUT2D eigenvalue weighted by Gasteiger charge is 2.46. The van der Waals surface area contributed by atoms with E-state index in [2.05, 4.69) is 10.6 Å². The summed E-state index contributed by atoms with van der Waals surface area (Å²) < 4.78 is 38.9. The fourth-order valence-corrected chi connectivity index (χ4v) is 2.41. The molecule has 0 heterocycles. The summed E-state index contributed by atoms with van der Waals surface area (Å²) in [6.07, 6.45) is -3.69. The van der Waals surface area contributed by atoms with Gasteiger partial charge in [-0.2, -0.15) is 13.2 Å². The summed E-state index contributed by atoms with van der Waals surface area (Å²) in [6, 6.07) is 2.39. The molecular weight excluding hydrogens is 329 g/mol. The number of hydrogen-bond donors (Lipinski definition) is 3. The number of rotatable bonds is 4. The van der Waals surface area contributed by atoms with Gasteiger partial charge in [0.15, 0.2) is 0 Å². The zero-order valence-corrected chi connectivity index (χ0v) is 12.7. The third-order valence-corrected chi connectivity index (χ3v) is 3.81. The van der Waals surface area contributed by atoms with Crippen molar-refractivity contribution < 1.29 is 32.7 Å². The van der Waals surface area contributed by atoms with Crippen LogP contribution in [0.5, 0.6) is 0 Å². The van der Waals surface area contributed by atoms with Gasteiger partial charge in [0, 0.05) is 18.2 Å². The lowest BCUT2D eigenvalue weighted by atomic mass is 9.76. The van der Waals surface area contributed by atoms with Gasteiger partial charge in [-0.15, -0.1) is 0 Å². The Labute approximate surface area is 135 Å². The number of hydrogen-bond acceptors (Lipinski definition) is 3. The number of carboxylic acids is 1. The molecule has 0 aliphatic heterocycles. The van der Waals surface area contributed by atoms with Gasteiger partial charge in [-0.25, -0.2) is 4.79 Å². The summed E-state index contributed by atoms with van der Waals surface area (Å²) in [5.41, 5.74) is -3.13. The predicted octanol–water partition coefficient (Wildman–Crippen LogP) is 2.40. The molecule has 0 unspecified atom stereocenters. The number of anilines is 1. The lowest BCUT2D eigenvalue weighted by Gasteiger charge is -2.38. The number of carboxylic acid groups (broad SMARTS) is 1. The predicted molar refractivity (Wildman–Crippen MR) is 77.4 cm³/mol. The van der Waals surface area contributed by atoms with Crippen molar-refractivity contribution in [1.29, 1.82) is 0 Å². The second kappa shape index (κ2) is 6.14. The van der Waals surface area contributed by atoms with E-state index in [1.165, 1.54) is 0 Å². The van der Waals surface area contributed by atoms with Crippen LogP contribution in [0.3, 0.4) is 0 Å². The monoisotopic (exact) mass is 344 g/mol. The van der Waals surface area contributed by atoms with E-state index >= 15 is 0 Å². The van der Waals surface area contributed by atoms with Crippen molar-refractivity contribution in [2.75, 3.05) is 5.32 Å². The largest absolute Gasteiger partial charge is 0.480 e. The number of carbonyl (C=O) groups excluding carboxylic acids is 2. The van der Waals surface area contributed by atoms with Gasteiger partial charge in [0.1, 0.15) is 5.54 Å². The Morgan fingerprint density at radius 1 is 1.17 bits per heavy atom. The van der Waals surface area contributed by atoms with Crippen molar-refractivity contribution in [1.82, 2.24) is 5.32 Å². The second-order valence-electron chi connectivity index (χ2n) is 5.67. The molecule has 0 saturated heterocycles. The summed E-state index contributed by atoms with van der Waals surface area (Å²) in [6.45, 7) is 1.12. The van der Waals surface area contributed by atoms with E-state index in [4.69, 9.17) is 0 Å². The van der Waals surface area contributed by atoms with Gasteiger partial charge in [0.25, 0.3) is 5.91 Å². The third kappa shape index (κ3) is 3.66. The van der Waals surface area contributed by atoms with E-state index < -0.39 is 35.1 Å². The van der Waals surface area contributed by atoms with Crippen LogP contribution in [0.25, 0.3) is 0 Å². The van der Waals surface area contributed by atoms with E-state index in [0.717, 1.165) is 13.0 Å². The molecule has 0 radical (unpaired) electrons. The molecule has 2 amide bonds. The topological polar surface area (TPSA) is 95.5 Å². The van der Waals surface area contributed by atoms with E-state index in [1.807, 2.05) is 0 Å². The molecule has 1 saturated carbocycles. The number of nitrogens with one attached hydrogen (secondary N) is 2. The van der Waals surface area contributed by atoms with Crippen molar-refractivity contribution in [3.8, 4) is 0 Å². The molecule has 0 spiro atoms. The fourth-order valence-electron chi connectivity index (χ4n) is 2.41. The normalized spacial score (nSPS) is 16.0. The standard InChI is InChI=1S/C15H15F3N2O4/c1-8(21)19-11-6-9(5-10(7-11)15(16,17)18)12(22)20-14(13(23)24)3-2-4-14/h5-7H,2-4H2,1H3,(H,19,21)(H,20,22)(H,23,24). The summed E-state index contributed by atoms with van der Waals surface area (Å²) in [4.78, 5) is 34.5. The Hall–Kier alpha value is -2.58. The molecule has 1 aromatic carbocycles. The number of benzene rings is 1. The minimum atomic E-state index is -4.72. The molecule has 24 heavy (non-hydrogen) atoms. The van der Waals surface area contributed by atoms with Crippen molar-refractivity contribution in [3.05, 3.63) is 29.3 Å². The van der Waals surface area contributed by atoms with Crippen LogP contribution in [-0.4, -0.2) is 28.4 Å². The Morgan fingerprint density at radius 2 is 1.79 bits per heavy atom. The van der Waals surface area contributed by atoms with Crippen molar-refractivity contribution in [2.45, 2.75) is 37.9 Å². The SMILES string of the molecule is CC(=O)Nc1cc(C(=O)NC2(C(=O)O)CCC2)cc(C(F)(F)F)c1. The Balaban J connectivity index is 2.35. The van der Waals surface area contributed by atoms with Crippen LogP contribution in [0, 0.1) is 0 Å². The molecule has 0 bridgehead atoms. The maximum Gasteiger partial charge on any atom is 0.416 e. The molecule has 3 N–H and O–H groups in total. The first-order valence-corrected chi connectivity index (χ1v) is 7.09. The molecule has 9 heteroatoms. The molecule has 1 aliphatic carbocycles. The smallest absolute Gasteiger partial charge is 0.416 e. The molecule has 1 aromatic rings. The molecule has 1 fully saturated rings. The number of alkyl halides is 3. The van der Waals surface area contributed by atoms with Crippen molar-refractivity contribution in [3.63, 3.8) is 0 Å². The first kappa shape index (κ1) is 17.8. The van der Waals surface area contributed by atoms with E-state index in [1.54, 1.807) is 0 Å². The Kier molecular flexibility index (Phi) is 4.54. The number of halogens is 3. The van der Waals surface area contributed by atoms with Crippen LogP contribution < -0.4 is 10.6 Å². The van der Waals surface area contributed by atoms with Crippen LogP contribution in [-0.2, 0) is 15.8 Å². The van der Waals surface area contributed by atoms with Crippen LogP contribution in [0.1, 0.15) is 42.1 Å². The highest BCUT2D eigenvalue weighted by Crippen LogP contribution is 2.34. The number of amides is 2. The van der Waals surface area contributed by atoms with Gasteiger partial charge in [0.2, 0.25) is 5.91 Å².